The third kappa shape index (κ3) is 2.84. The van der Waals surface area contributed by atoms with E-state index in [9.17, 15) is 0 Å². The zero-order valence-electron chi connectivity index (χ0n) is 9.18. The maximum absolute atomic E-state index is 8.67. The highest BCUT2D eigenvalue weighted by Crippen LogP contribution is 2.12. The molecule has 0 radical (unpaired) electrons. The lowest BCUT2D eigenvalue weighted by molar-refractivity contribution is 0.482. The van der Waals surface area contributed by atoms with E-state index in [1.54, 1.807) is 6.20 Å². The summed E-state index contributed by atoms with van der Waals surface area (Å²) in [5, 5.41) is 12.0. The monoisotopic (exact) mass is 238 g/mol. The Morgan fingerprint density at radius 1 is 1.56 bits per heavy atom. The minimum Gasteiger partial charge on any atom is -0.354 e. The number of piperazine rings is 1. The maximum atomic E-state index is 8.67. The quantitative estimate of drug-likeness (QED) is 0.798. The molecule has 2 rings (SSSR count). The second-order valence-electron chi connectivity index (χ2n) is 3.82. The molecule has 5 heteroatoms. The minimum atomic E-state index is 0. The van der Waals surface area contributed by atoms with Crippen LogP contribution in [0.15, 0.2) is 18.3 Å². The van der Waals surface area contributed by atoms with Gasteiger partial charge in [0.25, 0.3) is 0 Å². The zero-order chi connectivity index (χ0) is 10.7. The van der Waals surface area contributed by atoms with E-state index in [1.807, 2.05) is 12.1 Å². The molecule has 0 aromatic carbocycles. The van der Waals surface area contributed by atoms with E-state index in [1.165, 1.54) is 0 Å². The fourth-order valence-corrected chi connectivity index (χ4v) is 1.78. The molecule has 1 aliphatic heterocycles. The standard InChI is InChI=1S/C11H14N4.ClH/c1-9-8-15(5-4-13-9)11-3-2-10(6-12)7-14-11;/h2-3,7,9,13H,4-5,8H2,1H3;1H/t9-;/m1./s1. The summed E-state index contributed by atoms with van der Waals surface area (Å²) >= 11 is 0. The highest BCUT2D eigenvalue weighted by atomic mass is 35.5. The first kappa shape index (κ1) is 12.8. The van der Waals surface area contributed by atoms with Crippen molar-refractivity contribution in [3.05, 3.63) is 23.9 Å². The van der Waals surface area contributed by atoms with Gasteiger partial charge in [0.1, 0.15) is 11.9 Å². The third-order valence-electron chi connectivity index (χ3n) is 2.57. The van der Waals surface area contributed by atoms with Crippen LogP contribution < -0.4 is 10.2 Å². The van der Waals surface area contributed by atoms with E-state index in [0.29, 0.717) is 11.6 Å². The molecular formula is C11H15ClN4. The first-order valence-electron chi connectivity index (χ1n) is 5.14. The largest absolute Gasteiger partial charge is 0.354 e. The number of nitriles is 1. The topological polar surface area (TPSA) is 52.0 Å². The highest BCUT2D eigenvalue weighted by molar-refractivity contribution is 5.85. The van der Waals surface area contributed by atoms with Gasteiger partial charge in [0.05, 0.1) is 5.56 Å². The van der Waals surface area contributed by atoms with Gasteiger partial charge in [-0.3, -0.25) is 0 Å². The van der Waals surface area contributed by atoms with E-state index in [2.05, 4.69) is 28.2 Å². The van der Waals surface area contributed by atoms with Gasteiger partial charge in [-0.15, -0.1) is 12.4 Å². The summed E-state index contributed by atoms with van der Waals surface area (Å²) in [6, 6.07) is 6.30. The molecule has 0 unspecified atom stereocenters. The number of halogens is 1. The first-order valence-corrected chi connectivity index (χ1v) is 5.14. The Labute approximate surface area is 102 Å². The summed E-state index contributed by atoms with van der Waals surface area (Å²) < 4.78 is 0. The smallest absolute Gasteiger partial charge is 0.128 e. The molecule has 86 valence electrons. The van der Waals surface area contributed by atoms with Gasteiger partial charge >= 0.3 is 0 Å². The molecular weight excluding hydrogens is 224 g/mol. The molecule has 0 aliphatic carbocycles. The lowest BCUT2D eigenvalue weighted by Gasteiger charge is -2.32. The molecule has 1 aromatic heterocycles. The number of anilines is 1. The van der Waals surface area contributed by atoms with Crippen molar-refractivity contribution < 1.29 is 0 Å². The Kier molecular flexibility index (Phi) is 4.53. The highest BCUT2D eigenvalue weighted by Gasteiger charge is 2.16. The number of rotatable bonds is 1. The van der Waals surface area contributed by atoms with Crippen LogP contribution in [0.4, 0.5) is 5.82 Å². The number of hydrogen-bond donors (Lipinski definition) is 1. The fraction of sp³-hybridized carbons (Fsp3) is 0.455. The molecule has 2 heterocycles. The molecule has 1 N–H and O–H groups in total. The molecule has 0 bridgehead atoms. The van der Waals surface area contributed by atoms with Crippen molar-refractivity contribution >= 4 is 18.2 Å². The van der Waals surface area contributed by atoms with Crippen LogP contribution in [0.3, 0.4) is 0 Å². The molecule has 1 atom stereocenters. The van der Waals surface area contributed by atoms with Gasteiger partial charge in [-0.05, 0) is 19.1 Å². The third-order valence-corrected chi connectivity index (χ3v) is 2.57. The molecule has 1 fully saturated rings. The van der Waals surface area contributed by atoms with Gasteiger partial charge in [0, 0.05) is 31.9 Å². The van der Waals surface area contributed by atoms with Crippen LogP contribution in [0.2, 0.25) is 0 Å². The van der Waals surface area contributed by atoms with Crippen molar-refractivity contribution in [3.8, 4) is 6.07 Å². The average molecular weight is 239 g/mol. The zero-order valence-corrected chi connectivity index (χ0v) is 10.00. The first-order chi connectivity index (χ1) is 7.29. The second kappa shape index (κ2) is 5.69. The van der Waals surface area contributed by atoms with Gasteiger partial charge in [-0.1, -0.05) is 0 Å². The van der Waals surface area contributed by atoms with Crippen molar-refractivity contribution in [1.29, 1.82) is 5.26 Å². The Bertz CT molecular complexity index is 371. The Morgan fingerprint density at radius 2 is 2.38 bits per heavy atom. The van der Waals surface area contributed by atoms with Crippen LogP contribution in [-0.4, -0.2) is 30.7 Å². The summed E-state index contributed by atoms with van der Waals surface area (Å²) in [5.74, 6) is 0.961. The molecule has 4 nitrogen and oxygen atoms in total. The van der Waals surface area contributed by atoms with Crippen LogP contribution in [0.1, 0.15) is 12.5 Å². The fourth-order valence-electron chi connectivity index (χ4n) is 1.78. The summed E-state index contributed by atoms with van der Waals surface area (Å²) in [4.78, 5) is 6.52. The molecule has 1 aromatic rings. The van der Waals surface area contributed by atoms with Crippen molar-refractivity contribution in [2.24, 2.45) is 0 Å². The van der Waals surface area contributed by atoms with E-state index >= 15 is 0 Å². The van der Waals surface area contributed by atoms with Gasteiger partial charge in [-0.25, -0.2) is 4.98 Å². The predicted molar refractivity (Wildman–Crippen MR) is 65.9 cm³/mol. The molecule has 16 heavy (non-hydrogen) atoms. The van der Waals surface area contributed by atoms with Gasteiger partial charge in [0.15, 0.2) is 0 Å². The lowest BCUT2D eigenvalue weighted by Crippen LogP contribution is -2.49. The molecule has 0 saturated carbocycles. The number of aromatic nitrogens is 1. The number of nitrogens with one attached hydrogen (secondary N) is 1. The summed E-state index contributed by atoms with van der Waals surface area (Å²) in [7, 11) is 0. The second-order valence-corrected chi connectivity index (χ2v) is 3.82. The van der Waals surface area contributed by atoms with Crippen molar-refractivity contribution in [2.45, 2.75) is 13.0 Å². The van der Waals surface area contributed by atoms with Gasteiger partial charge in [-0.2, -0.15) is 5.26 Å². The number of hydrogen-bond acceptors (Lipinski definition) is 4. The van der Waals surface area contributed by atoms with Crippen LogP contribution in [0.25, 0.3) is 0 Å². The number of pyridine rings is 1. The van der Waals surface area contributed by atoms with E-state index in [0.717, 1.165) is 25.5 Å². The van der Waals surface area contributed by atoms with Crippen molar-refractivity contribution in [1.82, 2.24) is 10.3 Å². The SMILES string of the molecule is C[C@@H]1CN(c2ccc(C#N)cn2)CCN1.Cl. The van der Waals surface area contributed by atoms with Crippen LogP contribution >= 0.6 is 12.4 Å². The average Bonchev–Trinajstić information content (AvgIpc) is 2.29. The van der Waals surface area contributed by atoms with Crippen molar-refractivity contribution in [3.63, 3.8) is 0 Å². The normalized spacial score (nSPS) is 19.8. The number of nitrogens with zero attached hydrogens (tertiary/aromatic N) is 3. The molecule has 1 aliphatic rings. The Balaban J connectivity index is 0.00000128. The van der Waals surface area contributed by atoms with E-state index in [-0.39, 0.29) is 12.4 Å². The van der Waals surface area contributed by atoms with Crippen LogP contribution in [-0.2, 0) is 0 Å². The van der Waals surface area contributed by atoms with Crippen LogP contribution in [0, 0.1) is 11.3 Å². The van der Waals surface area contributed by atoms with E-state index in [4.69, 9.17) is 5.26 Å². The lowest BCUT2D eigenvalue weighted by atomic mass is 10.2. The summed E-state index contributed by atoms with van der Waals surface area (Å²) in [6.45, 7) is 5.10. The summed E-state index contributed by atoms with van der Waals surface area (Å²) in [6.07, 6.45) is 1.63. The van der Waals surface area contributed by atoms with Gasteiger partial charge < -0.3 is 10.2 Å². The maximum Gasteiger partial charge on any atom is 0.128 e. The van der Waals surface area contributed by atoms with Crippen molar-refractivity contribution in [2.75, 3.05) is 24.5 Å². The predicted octanol–water partition coefficient (Wildman–Crippen LogP) is 1.17. The Morgan fingerprint density at radius 3 is 2.94 bits per heavy atom. The summed E-state index contributed by atoms with van der Waals surface area (Å²) in [5.41, 5.74) is 0.613. The Hall–Kier alpha value is -1.31. The van der Waals surface area contributed by atoms with Crippen LogP contribution in [0.5, 0.6) is 0 Å². The molecule has 0 spiro atoms. The molecule has 1 saturated heterocycles. The van der Waals surface area contributed by atoms with Gasteiger partial charge in [0.2, 0.25) is 0 Å². The minimum absolute atomic E-state index is 0. The molecule has 0 amide bonds. The van der Waals surface area contributed by atoms with E-state index < -0.39 is 0 Å².